The summed E-state index contributed by atoms with van der Waals surface area (Å²) in [4.78, 5) is 46.0. The number of nitrogens with zero attached hydrogens (tertiary/aromatic N) is 2. The summed E-state index contributed by atoms with van der Waals surface area (Å²) >= 11 is 0. The molecule has 2 aromatic carbocycles. The molecule has 3 heterocycles. The van der Waals surface area contributed by atoms with Crippen molar-refractivity contribution in [1.82, 2.24) is 15.1 Å². The quantitative estimate of drug-likeness (QED) is 0.413. The summed E-state index contributed by atoms with van der Waals surface area (Å²) in [6.07, 6.45) is 7.39. The minimum atomic E-state index is -1.18. The zero-order valence-corrected chi connectivity index (χ0v) is 25.2. The average molecular weight is 587 g/mol. The molecule has 2 aromatic rings. The van der Waals surface area contributed by atoms with E-state index in [-0.39, 0.29) is 23.8 Å². The van der Waals surface area contributed by atoms with Crippen molar-refractivity contribution < 1.29 is 23.9 Å². The Morgan fingerprint density at radius 1 is 1.09 bits per heavy atom. The third-order valence-corrected chi connectivity index (χ3v) is 9.72. The molecule has 3 fully saturated rings. The molecule has 2 bridgehead atoms. The van der Waals surface area contributed by atoms with Gasteiger partial charge in [-0.1, -0.05) is 68.3 Å². The molecule has 228 valence electrons. The molecule has 3 aliphatic heterocycles. The van der Waals surface area contributed by atoms with Gasteiger partial charge in [-0.25, -0.2) is 0 Å². The number of carbonyl (C=O) groups is 3. The first-order chi connectivity index (χ1) is 20.8. The van der Waals surface area contributed by atoms with Gasteiger partial charge in [0, 0.05) is 37.4 Å². The van der Waals surface area contributed by atoms with Crippen LogP contribution in [0.15, 0.2) is 66.7 Å². The topological polar surface area (TPSA) is 100 Å². The second kappa shape index (κ2) is 12.1. The van der Waals surface area contributed by atoms with Crippen molar-refractivity contribution in [2.24, 2.45) is 17.8 Å². The third-order valence-electron chi connectivity index (χ3n) is 9.72. The van der Waals surface area contributed by atoms with Gasteiger partial charge in [0.25, 0.3) is 0 Å². The summed E-state index contributed by atoms with van der Waals surface area (Å²) in [7, 11) is 3.58. The van der Waals surface area contributed by atoms with Crippen LogP contribution in [0.4, 0.5) is 5.69 Å². The number of hydrogen-bond acceptors (Lipinski definition) is 6. The van der Waals surface area contributed by atoms with Crippen molar-refractivity contribution in [1.29, 1.82) is 0 Å². The number of amides is 3. The maximum Gasteiger partial charge on any atom is 0.246 e. The van der Waals surface area contributed by atoms with E-state index in [1.54, 1.807) is 36.3 Å². The number of likely N-dealkylation sites (N-methyl/N-ethyl adjacent to an activating group) is 1. The zero-order chi connectivity index (χ0) is 30.1. The van der Waals surface area contributed by atoms with E-state index in [1.807, 2.05) is 37.4 Å². The predicted molar refractivity (Wildman–Crippen MR) is 163 cm³/mol. The van der Waals surface area contributed by atoms with Crippen LogP contribution in [0.5, 0.6) is 5.75 Å². The molecular weight excluding hydrogens is 544 g/mol. The Balaban J connectivity index is 1.25. The lowest BCUT2D eigenvalue weighted by atomic mass is 9.74. The number of nitrogens with one attached hydrogen (secondary N) is 2. The molecule has 9 nitrogen and oxygen atoms in total. The van der Waals surface area contributed by atoms with Crippen LogP contribution >= 0.6 is 0 Å². The number of hydrogen-bond donors (Lipinski definition) is 2. The van der Waals surface area contributed by atoms with Crippen molar-refractivity contribution in [3.05, 3.63) is 72.3 Å². The fraction of sp³-hybridized carbons (Fsp3) is 0.500. The van der Waals surface area contributed by atoms with Gasteiger partial charge in [-0.05, 0) is 43.5 Å². The molecule has 6 rings (SSSR count). The van der Waals surface area contributed by atoms with E-state index in [4.69, 9.17) is 9.47 Å². The van der Waals surface area contributed by atoms with Crippen LogP contribution in [0.25, 0.3) is 0 Å². The van der Waals surface area contributed by atoms with Crippen LogP contribution < -0.4 is 15.4 Å². The Morgan fingerprint density at radius 2 is 1.88 bits per heavy atom. The highest BCUT2D eigenvalue weighted by molar-refractivity contribution is 6.02. The maximum absolute atomic E-state index is 14.3. The Morgan fingerprint density at radius 3 is 2.65 bits per heavy atom. The SMILES string of the molecule is COc1cccc(NC(=O)[C@H]2[C@H]3C=C[C@@]4(O3)[C@H]2C(=O)N(CCN(C)Cc2ccccc2)[C@@H]4C(=O)N[C@H]2CCCC[C@H]2C)c1. The van der Waals surface area contributed by atoms with Gasteiger partial charge >= 0.3 is 0 Å². The summed E-state index contributed by atoms with van der Waals surface area (Å²) < 4.78 is 11.8. The smallest absolute Gasteiger partial charge is 0.246 e. The highest BCUT2D eigenvalue weighted by atomic mass is 16.5. The molecule has 9 heteroatoms. The summed E-state index contributed by atoms with van der Waals surface area (Å²) in [6.45, 7) is 3.82. The summed E-state index contributed by atoms with van der Waals surface area (Å²) in [5, 5.41) is 6.27. The number of fused-ring (bicyclic) bond motifs is 1. The lowest BCUT2D eigenvalue weighted by Gasteiger charge is -2.36. The van der Waals surface area contributed by atoms with E-state index in [9.17, 15) is 14.4 Å². The number of rotatable bonds is 10. The molecule has 0 unspecified atom stereocenters. The minimum Gasteiger partial charge on any atom is -0.497 e. The molecule has 2 saturated heterocycles. The fourth-order valence-electron chi connectivity index (χ4n) is 7.48. The fourth-order valence-corrected chi connectivity index (χ4v) is 7.48. The van der Waals surface area contributed by atoms with Crippen molar-refractivity contribution in [3.63, 3.8) is 0 Å². The average Bonchev–Trinajstić information content (AvgIpc) is 3.65. The molecule has 43 heavy (non-hydrogen) atoms. The maximum atomic E-state index is 14.3. The van der Waals surface area contributed by atoms with Gasteiger partial charge < -0.3 is 29.9 Å². The van der Waals surface area contributed by atoms with Crippen LogP contribution in [0, 0.1) is 17.8 Å². The Bertz CT molecular complexity index is 1380. The number of benzene rings is 2. The van der Waals surface area contributed by atoms with E-state index in [1.165, 1.54) is 12.0 Å². The summed E-state index contributed by atoms with van der Waals surface area (Å²) in [5.41, 5.74) is 0.571. The van der Waals surface area contributed by atoms with E-state index in [2.05, 4.69) is 34.6 Å². The first kappa shape index (κ1) is 29.4. The third kappa shape index (κ3) is 5.56. The number of carbonyl (C=O) groups excluding carboxylic acids is 3. The van der Waals surface area contributed by atoms with Crippen LogP contribution in [0.2, 0.25) is 0 Å². The summed E-state index contributed by atoms with van der Waals surface area (Å²) in [5.74, 6) is -1.25. The van der Waals surface area contributed by atoms with Gasteiger partial charge in [-0.2, -0.15) is 0 Å². The van der Waals surface area contributed by atoms with Gasteiger partial charge in [0.1, 0.15) is 17.4 Å². The van der Waals surface area contributed by atoms with Gasteiger partial charge in [-0.15, -0.1) is 0 Å². The molecule has 4 aliphatic rings. The van der Waals surface area contributed by atoms with Crippen molar-refractivity contribution in [2.45, 2.75) is 62.9 Å². The largest absolute Gasteiger partial charge is 0.497 e. The second-order valence-corrected chi connectivity index (χ2v) is 12.6. The molecular formula is C34H42N4O5. The van der Waals surface area contributed by atoms with E-state index < -0.39 is 29.6 Å². The molecule has 2 N–H and O–H groups in total. The predicted octanol–water partition coefficient (Wildman–Crippen LogP) is 3.61. The first-order valence-electron chi connectivity index (χ1n) is 15.5. The van der Waals surface area contributed by atoms with Crippen molar-refractivity contribution in [2.75, 3.05) is 32.6 Å². The highest BCUT2D eigenvalue weighted by Crippen LogP contribution is 2.55. The molecule has 0 aromatic heterocycles. The monoisotopic (exact) mass is 586 g/mol. The number of methoxy groups -OCH3 is 1. The molecule has 1 spiro atoms. The summed E-state index contributed by atoms with van der Waals surface area (Å²) in [6, 6.07) is 16.5. The number of likely N-dealkylation sites (tertiary alicyclic amines) is 1. The van der Waals surface area contributed by atoms with E-state index in [0.29, 0.717) is 30.4 Å². The highest BCUT2D eigenvalue weighted by Gasteiger charge is 2.72. The van der Waals surface area contributed by atoms with Crippen LogP contribution in [0.3, 0.4) is 0 Å². The molecule has 1 aliphatic carbocycles. The standard InChI is InChI=1S/C34H42N4O5/c1-22-10-7-8-15-26(22)36-32(40)30-34-17-16-27(43-34)28(31(39)35-24-13-9-14-25(20-24)42-3)29(34)33(41)38(30)19-18-37(2)21-23-11-5-4-6-12-23/h4-6,9,11-14,16-17,20,22,26-30H,7-8,10,15,18-19,21H2,1-3H3,(H,35,39)(H,36,40)/t22-,26+,27-,28+,29-,30-,34-/m1/s1. The lowest BCUT2D eigenvalue weighted by molar-refractivity contribution is -0.141. The molecule has 0 radical (unpaired) electrons. The normalized spacial score (nSPS) is 30.9. The Kier molecular flexibility index (Phi) is 8.29. The van der Waals surface area contributed by atoms with Gasteiger partial charge in [0.05, 0.1) is 25.0 Å². The molecule has 3 amide bonds. The van der Waals surface area contributed by atoms with Crippen LogP contribution in [0.1, 0.15) is 38.2 Å². The number of ether oxygens (including phenoxy) is 2. The van der Waals surface area contributed by atoms with Crippen LogP contribution in [-0.4, -0.2) is 78.6 Å². The Hall–Kier alpha value is -3.69. The van der Waals surface area contributed by atoms with Crippen molar-refractivity contribution >= 4 is 23.4 Å². The van der Waals surface area contributed by atoms with Gasteiger partial charge in [0.15, 0.2) is 0 Å². The molecule has 7 atom stereocenters. The lowest BCUT2D eigenvalue weighted by Crippen LogP contribution is -2.58. The van der Waals surface area contributed by atoms with Crippen LogP contribution in [-0.2, 0) is 25.7 Å². The van der Waals surface area contributed by atoms with Crippen molar-refractivity contribution in [3.8, 4) is 5.75 Å². The second-order valence-electron chi connectivity index (χ2n) is 12.6. The first-order valence-corrected chi connectivity index (χ1v) is 15.5. The number of anilines is 1. The zero-order valence-electron chi connectivity index (χ0n) is 25.2. The Labute approximate surface area is 253 Å². The van der Waals surface area contributed by atoms with Gasteiger partial charge in [-0.3, -0.25) is 14.4 Å². The van der Waals surface area contributed by atoms with E-state index in [0.717, 1.165) is 25.8 Å². The van der Waals surface area contributed by atoms with E-state index >= 15 is 0 Å². The molecule has 1 saturated carbocycles. The minimum absolute atomic E-state index is 0.0594. The van der Waals surface area contributed by atoms with Gasteiger partial charge in [0.2, 0.25) is 17.7 Å².